The van der Waals surface area contributed by atoms with Gasteiger partial charge in [-0.3, -0.25) is 0 Å². The van der Waals surface area contributed by atoms with Gasteiger partial charge in [-0.2, -0.15) is 0 Å². The summed E-state index contributed by atoms with van der Waals surface area (Å²) in [7, 11) is 0. The molecule has 122 valence electrons. The molecule has 1 aromatic heterocycles. The van der Waals surface area contributed by atoms with E-state index in [0.29, 0.717) is 30.4 Å². The van der Waals surface area contributed by atoms with Gasteiger partial charge in [0.05, 0.1) is 5.69 Å². The first-order valence-corrected chi connectivity index (χ1v) is 8.45. The van der Waals surface area contributed by atoms with Crippen molar-refractivity contribution in [3.05, 3.63) is 40.1 Å². The summed E-state index contributed by atoms with van der Waals surface area (Å²) in [6.07, 6.45) is 0.818. The van der Waals surface area contributed by atoms with Gasteiger partial charge < -0.3 is 20.1 Å². The molecule has 1 aliphatic heterocycles. The van der Waals surface area contributed by atoms with Gasteiger partial charge in [-0.05, 0) is 38.1 Å². The number of fused-ring (bicyclic) bond motifs is 1. The lowest BCUT2D eigenvalue weighted by atomic mass is 10.2. The summed E-state index contributed by atoms with van der Waals surface area (Å²) in [5.41, 5.74) is 0.624. The molecular formula is C17H20N2O3S. The van der Waals surface area contributed by atoms with Crippen molar-refractivity contribution in [2.24, 2.45) is 0 Å². The van der Waals surface area contributed by atoms with E-state index in [-0.39, 0.29) is 12.1 Å². The first-order chi connectivity index (χ1) is 11.1. The number of nitrogens with one attached hydrogen (secondary N) is 2. The Hall–Kier alpha value is -2.21. The van der Waals surface area contributed by atoms with E-state index in [2.05, 4.69) is 29.7 Å². The van der Waals surface area contributed by atoms with Gasteiger partial charge in [-0.25, -0.2) is 4.79 Å². The highest BCUT2D eigenvalue weighted by molar-refractivity contribution is 7.11. The van der Waals surface area contributed by atoms with Crippen LogP contribution in [0.25, 0.3) is 0 Å². The molecule has 1 aromatic carbocycles. The van der Waals surface area contributed by atoms with E-state index in [1.165, 1.54) is 9.75 Å². The number of hydrogen-bond acceptors (Lipinski definition) is 4. The second-order valence-electron chi connectivity index (χ2n) is 5.55. The molecule has 0 radical (unpaired) electrons. The average Bonchev–Trinajstić information content (AvgIpc) is 2.92. The molecule has 23 heavy (non-hydrogen) atoms. The zero-order valence-electron chi connectivity index (χ0n) is 13.2. The first-order valence-electron chi connectivity index (χ1n) is 7.63. The van der Waals surface area contributed by atoms with Crippen LogP contribution >= 0.6 is 11.3 Å². The van der Waals surface area contributed by atoms with Crippen molar-refractivity contribution in [2.45, 2.75) is 26.3 Å². The van der Waals surface area contributed by atoms with Gasteiger partial charge in [0.15, 0.2) is 11.5 Å². The number of carbonyl (C=O) groups is 1. The number of anilines is 1. The predicted octanol–water partition coefficient (Wildman–Crippen LogP) is 3.58. The largest absolute Gasteiger partial charge is 0.486 e. The van der Waals surface area contributed by atoms with E-state index in [1.54, 1.807) is 17.4 Å². The number of benzene rings is 1. The Kier molecular flexibility index (Phi) is 4.71. The predicted molar refractivity (Wildman–Crippen MR) is 91.8 cm³/mol. The van der Waals surface area contributed by atoms with E-state index >= 15 is 0 Å². The SMILES string of the molecule is Cc1ccc(CC(C)NC(=O)Nc2cccc3c2OCCO3)s1. The van der Waals surface area contributed by atoms with Crippen molar-refractivity contribution >= 4 is 23.1 Å². The molecular weight excluding hydrogens is 312 g/mol. The zero-order chi connectivity index (χ0) is 16.2. The Morgan fingerprint density at radius 1 is 1.26 bits per heavy atom. The van der Waals surface area contributed by atoms with E-state index < -0.39 is 0 Å². The van der Waals surface area contributed by atoms with Crippen LogP contribution in [0.3, 0.4) is 0 Å². The lowest BCUT2D eigenvalue weighted by molar-refractivity contribution is 0.172. The molecule has 5 nitrogen and oxygen atoms in total. The molecule has 0 spiro atoms. The molecule has 3 rings (SSSR count). The summed E-state index contributed by atoms with van der Waals surface area (Å²) < 4.78 is 11.1. The Bertz CT molecular complexity index is 699. The molecule has 0 aliphatic carbocycles. The molecule has 0 bridgehead atoms. The minimum absolute atomic E-state index is 0.0461. The summed E-state index contributed by atoms with van der Waals surface area (Å²) in [4.78, 5) is 14.7. The Morgan fingerprint density at radius 3 is 2.87 bits per heavy atom. The van der Waals surface area contributed by atoms with Crippen molar-refractivity contribution in [3.8, 4) is 11.5 Å². The molecule has 1 atom stereocenters. The normalized spacial score (nSPS) is 14.2. The van der Waals surface area contributed by atoms with Crippen LogP contribution in [0.5, 0.6) is 11.5 Å². The third kappa shape index (κ3) is 3.96. The number of ether oxygens (including phenoxy) is 2. The van der Waals surface area contributed by atoms with E-state index in [0.717, 1.165) is 6.42 Å². The first kappa shape index (κ1) is 15.7. The van der Waals surface area contributed by atoms with Crippen LogP contribution in [0.4, 0.5) is 10.5 Å². The fourth-order valence-corrected chi connectivity index (χ4v) is 3.52. The molecule has 0 saturated heterocycles. The van der Waals surface area contributed by atoms with Gasteiger partial charge in [0.1, 0.15) is 13.2 Å². The lowest BCUT2D eigenvalue weighted by Crippen LogP contribution is -2.37. The van der Waals surface area contributed by atoms with Crippen molar-refractivity contribution in [1.82, 2.24) is 5.32 Å². The van der Waals surface area contributed by atoms with Gasteiger partial charge in [0.25, 0.3) is 0 Å². The number of aryl methyl sites for hydroxylation is 1. The van der Waals surface area contributed by atoms with Crippen molar-refractivity contribution in [2.75, 3.05) is 18.5 Å². The zero-order valence-corrected chi connectivity index (χ0v) is 14.0. The maximum Gasteiger partial charge on any atom is 0.319 e. The molecule has 1 unspecified atom stereocenters. The molecule has 6 heteroatoms. The molecule has 2 aromatic rings. The van der Waals surface area contributed by atoms with Crippen LogP contribution in [0.1, 0.15) is 16.7 Å². The summed E-state index contributed by atoms with van der Waals surface area (Å²) in [6, 6.07) is 9.48. The van der Waals surface area contributed by atoms with Crippen LogP contribution in [-0.2, 0) is 6.42 Å². The van der Waals surface area contributed by atoms with Crippen LogP contribution in [0, 0.1) is 6.92 Å². The fraction of sp³-hybridized carbons (Fsp3) is 0.353. The summed E-state index contributed by atoms with van der Waals surface area (Å²) >= 11 is 1.76. The number of para-hydroxylation sites is 1. The molecule has 2 N–H and O–H groups in total. The number of thiophene rings is 1. The van der Waals surface area contributed by atoms with Crippen molar-refractivity contribution in [3.63, 3.8) is 0 Å². The van der Waals surface area contributed by atoms with Gasteiger partial charge in [-0.15, -0.1) is 11.3 Å². The van der Waals surface area contributed by atoms with Gasteiger partial charge in [0.2, 0.25) is 0 Å². The topological polar surface area (TPSA) is 59.6 Å². The third-order valence-electron chi connectivity index (χ3n) is 3.50. The molecule has 0 fully saturated rings. The van der Waals surface area contributed by atoms with Crippen molar-refractivity contribution < 1.29 is 14.3 Å². The monoisotopic (exact) mass is 332 g/mol. The van der Waals surface area contributed by atoms with Crippen LogP contribution < -0.4 is 20.1 Å². The molecule has 2 amide bonds. The maximum atomic E-state index is 12.2. The van der Waals surface area contributed by atoms with E-state index in [1.807, 2.05) is 19.1 Å². The summed E-state index contributed by atoms with van der Waals surface area (Å²) in [5, 5.41) is 5.79. The number of hydrogen-bond donors (Lipinski definition) is 2. The highest BCUT2D eigenvalue weighted by atomic mass is 32.1. The second-order valence-corrected chi connectivity index (χ2v) is 6.92. The minimum atomic E-state index is -0.242. The van der Waals surface area contributed by atoms with Crippen molar-refractivity contribution in [1.29, 1.82) is 0 Å². The summed E-state index contributed by atoms with van der Waals surface area (Å²) in [6.45, 7) is 5.09. The van der Waals surface area contributed by atoms with Crippen LogP contribution in [-0.4, -0.2) is 25.3 Å². The third-order valence-corrected chi connectivity index (χ3v) is 4.52. The minimum Gasteiger partial charge on any atom is -0.486 e. The van der Waals surface area contributed by atoms with Gasteiger partial charge in [0, 0.05) is 22.2 Å². The van der Waals surface area contributed by atoms with Gasteiger partial charge >= 0.3 is 6.03 Å². The summed E-state index contributed by atoms with van der Waals surface area (Å²) in [5.74, 6) is 1.26. The van der Waals surface area contributed by atoms with Crippen LogP contribution in [0.15, 0.2) is 30.3 Å². The highest BCUT2D eigenvalue weighted by Gasteiger charge is 2.17. The molecule has 1 aliphatic rings. The second kappa shape index (κ2) is 6.91. The van der Waals surface area contributed by atoms with E-state index in [4.69, 9.17) is 9.47 Å². The van der Waals surface area contributed by atoms with E-state index in [9.17, 15) is 4.79 Å². The highest BCUT2D eigenvalue weighted by Crippen LogP contribution is 2.37. The lowest BCUT2D eigenvalue weighted by Gasteiger charge is -2.21. The number of amides is 2. The standard InChI is InChI=1S/C17H20N2O3S/c1-11(10-13-7-6-12(2)23-13)18-17(20)19-14-4-3-5-15-16(14)22-9-8-21-15/h3-7,11H,8-10H2,1-2H3,(H2,18,19,20). The average molecular weight is 332 g/mol. The Labute approximate surface area is 139 Å². The quantitative estimate of drug-likeness (QED) is 0.900. The maximum absolute atomic E-state index is 12.2. The smallest absolute Gasteiger partial charge is 0.319 e. The van der Waals surface area contributed by atoms with Crippen LogP contribution in [0.2, 0.25) is 0 Å². The number of urea groups is 1. The molecule has 0 saturated carbocycles. The Morgan fingerprint density at radius 2 is 2.09 bits per heavy atom. The number of carbonyl (C=O) groups excluding carboxylic acids is 1. The fourth-order valence-electron chi connectivity index (χ4n) is 2.50. The molecule has 2 heterocycles. The van der Waals surface area contributed by atoms with Gasteiger partial charge in [-0.1, -0.05) is 6.07 Å². The number of rotatable bonds is 4. The Balaban J connectivity index is 1.59.